The van der Waals surface area contributed by atoms with E-state index in [1.807, 2.05) is 72.9 Å². The van der Waals surface area contributed by atoms with Crippen molar-refractivity contribution in [2.45, 2.75) is 6.92 Å². The third kappa shape index (κ3) is 3.82. The van der Waals surface area contributed by atoms with Gasteiger partial charge in [0.15, 0.2) is 17.5 Å². The van der Waals surface area contributed by atoms with Crippen molar-refractivity contribution < 1.29 is 0 Å². The fourth-order valence-electron chi connectivity index (χ4n) is 4.95. The van der Waals surface area contributed by atoms with Crippen LogP contribution in [0.4, 0.5) is 0 Å². The van der Waals surface area contributed by atoms with E-state index in [2.05, 4.69) is 60.0 Å². The van der Waals surface area contributed by atoms with E-state index in [-0.39, 0.29) is 0 Å². The van der Waals surface area contributed by atoms with Gasteiger partial charge in [0, 0.05) is 34.0 Å². The first-order valence-electron chi connectivity index (χ1n) is 12.6. The molecule has 3 heterocycles. The molecule has 180 valence electrons. The van der Waals surface area contributed by atoms with Gasteiger partial charge in [-0.1, -0.05) is 84.4 Å². The zero-order valence-corrected chi connectivity index (χ0v) is 20.8. The molecule has 0 N–H and O–H groups in total. The van der Waals surface area contributed by atoms with Crippen LogP contribution in [0.5, 0.6) is 0 Å². The largest absolute Gasteiger partial charge is 0.308 e. The molecular formula is C33H23N5. The van der Waals surface area contributed by atoms with E-state index in [1.165, 1.54) is 5.56 Å². The van der Waals surface area contributed by atoms with Crippen LogP contribution in [-0.4, -0.2) is 24.5 Å². The van der Waals surface area contributed by atoms with Crippen LogP contribution < -0.4 is 0 Å². The topological polar surface area (TPSA) is 56.5 Å². The molecule has 0 atom stereocenters. The zero-order chi connectivity index (χ0) is 25.5. The van der Waals surface area contributed by atoms with Gasteiger partial charge in [0.2, 0.25) is 0 Å². The number of fused-ring (bicyclic) bond motifs is 3. The third-order valence-corrected chi connectivity index (χ3v) is 6.74. The summed E-state index contributed by atoms with van der Waals surface area (Å²) < 4.78 is 2.26. The van der Waals surface area contributed by atoms with Gasteiger partial charge in [-0.3, -0.25) is 4.98 Å². The predicted octanol–water partition coefficient (Wildman–Crippen LogP) is 7.67. The average Bonchev–Trinajstić information content (AvgIpc) is 3.31. The van der Waals surface area contributed by atoms with Crippen molar-refractivity contribution in [3.63, 3.8) is 0 Å². The van der Waals surface area contributed by atoms with Gasteiger partial charge in [-0.05, 0) is 43.3 Å². The fraction of sp³-hybridized carbons (Fsp3) is 0.0303. The van der Waals surface area contributed by atoms with E-state index in [1.54, 1.807) is 0 Å². The lowest BCUT2D eigenvalue weighted by atomic mass is 10.1. The molecule has 0 saturated carbocycles. The summed E-state index contributed by atoms with van der Waals surface area (Å²) in [6, 6.07) is 39.1. The number of aryl methyl sites for hydroxylation is 1. The first-order valence-corrected chi connectivity index (χ1v) is 12.6. The predicted molar refractivity (Wildman–Crippen MR) is 153 cm³/mol. The number of aromatic nitrogens is 5. The van der Waals surface area contributed by atoms with Crippen LogP contribution in [-0.2, 0) is 0 Å². The zero-order valence-electron chi connectivity index (χ0n) is 20.8. The fourth-order valence-corrected chi connectivity index (χ4v) is 4.95. The molecule has 0 bridgehead atoms. The second-order valence-electron chi connectivity index (χ2n) is 9.32. The quantitative estimate of drug-likeness (QED) is 0.254. The lowest BCUT2D eigenvalue weighted by Crippen LogP contribution is -2.01. The van der Waals surface area contributed by atoms with Crippen LogP contribution >= 0.6 is 0 Å². The summed E-state index contributed by atoms with van der Waals surface area (Å²) in [5, 5.41) is 1.14. The SMILES string of the molecule is Cc1ccc2c(c1)c1ncccc1n2-c1cccc(-c2nc(-c3ccccc3)nc(-c3ccccc3)n2)c1. The first-order chi connectivity index (χ1) is 18.7. The Bertz CT molecular complexity index is 1870. The van der Waals surface area contributed by atoms with Crippen molar-refractivity contribution in [3.8, 4) is 39.9 Å². The molecule has 0 aliphatic rings. The third-order valence-electron chi connectivity index (χ3n) is 6.74. The van der Waals surface area contributed by atoms with Crippen LogP contribution in [0.25, 0.3) is 61.8 Å². The normalized spacial score (nSPS) is 11.3. The van der Waals surface area contributed by atoms with Crippen LogP contribution in [0.15, 0.2) is 121 Å². The highest BCUT2D eigenvalue weighted by Crippen LogP contribution is 2.33. The molecule has 0 spiro atoms. The molecule has 0 saturated heterocycles. The lowest BCUT2D eigenvalue weighted by molar-refractivity contribution is 1.07. The summed E-state index contributed by atoms with van der Waals surface area (Å²) in [6.45, 7) is 2.11. The van der Waals surface area contributed by atoms with Gasteiger partial charge >= 0.3 is 0 Å². The molecule has 0 amide bonds. The van der Waals surface area contributed by atoms with Gasteiger partial charge < -0.3 is 4.57 Å². The molecule has 7 aromatic rings. The van der Waals surface area contributed by atoms with Crippen molar-refractivity contribution in [1.82, 2.24) is 24.5 Å². The summed E-state index contributed by atoms with van der Waals surface area (Å²) in [4.78, 5) is 19.4. The second-order valence-corrected chi connectivity index (χ2v) is 9.32. The summed E-state index contributed by atoms with van der Waals surface area (Å²) >= 11 is 0. The highest BCUT2D eigenvalue weighted by Gasteiger charge is 2.16. The maximum absolute atomic E-state index is 4.91. The van der Waals surface area contributed by atoms with Crippen molar-refractivity contribution in [1.29, 1.82) is 0 Å². The van der Waals surface area contributed by atoms with Gasteiger partial charge in [-0.25, -0.2) is 15.0 Å². The molecule has 0 unspecified atom stereocenters. The number of pyridine rings is 1. The standard InChI is InChI=1S/C33H23N5/c1-22-17-18-28-27(20-22)30-29(16-9-19-34-30)38(28)26-15-8-14-25(21-26)33-36-31(23-10-4-2-5-11-23)35-32(37-33)24-12-6-3-7-13-24/h2-21H,1H3. The Labute approximate surface area is 220 Å². The molecule has 0 aliphatic heterocycles. The van der Waals surface area contributed by atoms with Gasteiger partial charge in [0.1, 0.15) is 0 Å². The van der Waals surface area contributed by atoms with Crippen molar-refractivity contribution in [2.75, 3.05) is 0 Å². The molecule has 7 rings (SSSR count). The number of nitrogens with zero attached hydrogens (tertiary/aromatic N) is 5. The van der Waals surface area contributed by atoms with E-state index in [0.717, 1.165) is 44.3 Å². The number of hydrogen-bond donors (Lipinski definition) is 0. The first kappa shape index (κ1) is 22.1. The maximum Gasteiger partial charge on any atom is 0.164 e. The van der Waals surface area contributed by atoms with E-state index < -0.39 is 0 Å². The smallest absolute Gasteiger partial charge is 0.164 e. The minimum absolute atomic E-state index is 0.634. The van der Waals surface area contributed by atoms with E-state index >= 15 is 0 Å². The minimum atomic E-state index is 0.634. The summed E-state index contributed by atoms with van der Waals surface area (Å²) in [7, 11) is 0. The molecular weight excluding hydrogens is 466 g/mol. The maximum atomic E-state index is 4.91. The molecule has 4 aromatic carbocycles. The molecule has 3 aromatic heterocycles. The highest BCUT2D eigenvalue weighted by molar-refractivity contribution is 6.07. The second kappa shape index (κ2) is 9.05. The Morgan fingerprint density at radius 2 is 1.16 bits per heavy atom. The van der Waals surface area contributed by atoms with E-state index in [9.17, 15) is 0 Å². The van der Waals surface area contributed by atoms with Crippen molar-refractivity contribution in [2.24, 2.45) is 0 Å². The minimum Gasteiger partial charge on any atom is -0.308 e. The average molecular weight is 490 g/mol. The van der Waals surface area contributed by atoms with Gasteiger partial charge in [-0.15, -0.1) is 0 Å². The summed E-state index contributed by atoms with van der Waals surface area (Å²) in [5.41, 5.74) is 8.25. The Balaban J connectivity index is 1.44. The van der Waals surface area contributed by atoms with Gasteiger partial charge in [0.25, 0.3) is 0 Å². The Hall–Kier alpha value is -5.16. The van der Waals surface area contributed by atoms with Crippen LogP contribution in [0, 0.1) is 6.92 Å². The Kier molecular flexibility index (Phi) is 5.26. The number of rotatable bonds is 4. The summed E-state index contributed by atoms with van der Waals surface area (Å²) in [6.07, 6.45) is 1.85. The molecule has 5 heteroatoms. The van der Waals surface area contributed by atoms with Crippen molar-refractivity contribution >= 4 is 21.9 Å². The molecule has 0 radical (unpaired) electrons. The van der Waals surface area contributed by atoms with Gasteiger partial charge in [0.05, 0.1) is 16.6 Å². The monoisotopic (exact) mass is 489 g/mol. The molecule has 0 aliphatic carbocycles. The Morgan fingerprint density at radius 1 is 0.526 bits per heavy atom. The number of benzene rings is 4. The molecule has 0 fully saturated rings. The van der Waals surface area contributed by atoms with Crippen LogP contribution in [0.1, 0.15) is 5.56 Å². The van der Waals surface area contributed by atoms with Gasteiger partial charge in [-0.2, -0.15) is 0 Å². The van der Waals surface area contributed by atoms with E-state index in [0.29, 0.717) is 17.5 Å². The highest BCUT2D eigenvalue weighted by atomic mass is 15.0. The molecule has 5 nitrogen and oxygen atoms in total. The van der Waals surface area contributed by atoms with Crippen molar-refractivity contribution in [3.05, 3.63) is 127 Å². The Morgan fingerprint density at radius 3 is 1.84 bits per heavy atom. The molecule has 38 heavy (non-hydrogen) atoms. The van der Waals surface area contributed by atoms with Crippen LogP contribution in [0.3, 0.4) is 0 Å². The lowest BCUT2D eigenvalue weighted by Gasteiger charge is -2.11. The van der Waals surface area contributed by atoms with E-state index in [4.69, 9.17) is 19.9 Å². The van der Waals surface area contributed by atoms with Crippen LogP contribution in [0.2, 0.25) is 0 Å². The summed E-state index contributed by atoms with van der Waals surface area (Å²) in [5.74, 6) is 1.93. The number of hydrogen-bond acceptors (Lipinski definition) is 4.